The van der Waals surface area contributed by atoms with Crippen LogP contribution in [0.3, 0.4) is 0 Å². The van der Waals surface area contributed by atoms with Crippen molar-refractivity contribution in [3.8, 4) is 0 Å². The summed E-state index contributed by atoms with van der Waals surface area (Å²) >= 11 is 0. The number of carbonyl (C=O) groups is 1. The summed E-state index contributed by atoms with van der Waals surface area (Å²) < 4.78 is 5.12. The third-order valence-corrected chi connectivity index (χ3v) is 3.77. The van der Waals surface area contributed by atoms with Gasteiger partial charge in [-0.05, 0) is 31.4 Å². The zero-order chi connectivity index (χ0) is 17.4. The van der Waals surface area contributed by atoms with Crippen molar-refractivity contribution in [3.05, 3.63) is 71.8 Å². The van der Waals surface area contributed by atoms with Crippen LogP contribution in [-0.4, -0.2) is 23.0 Å². The van der Waals surface area contributed by atoms with Crippen molar-refractivity contribution in [1.82, 2.24) is 0 Å². The molecule has 0 saturated heterocycles. The zero-order valence-electron chi connectivity index (χ0n) is 14.1. The molecular formula is C20H23NO3. The highest BCUT2D eigenvalue weighted by atomic mass is 16.5. The highest BCUT2D eigenvalue weighted by Gasteiger charge is 2.20. The van der Waals surface area contributed by atoms with E-state index >= 15 is 0 Å². The lowest BCUT2D eigenvalue weighted by Crippen LogP contribution is -2.22. The molecule has 0 radical (unpaired) electrons. The monoisotopic (exact) mass is 325 g/mol. The lowest BCUT2D eigenvalue weighted by molar-refractivity contribution is -0.139. The summed E-state index contributed by atoms with van der Waals surface area (Å²) in [6, 6.07) is 20.2. The molecule has 4 nitrogen and oxygen atoms in total. The Morgan fingerprint density at radius 2 is 1.50 bits per heavy atom. The van der Waals surface area contributed by atoms with Crippen molar-refractivity contribution in [2.24, 2.45) is 5.16 Å². The third-order valence-electron chi connectivity index (χ3n) is 3.77. The van der Waals surface area contributed by atoms with Crippen LogP contribution in [0.5, 0.6) is 0 Å². The van der Waals surface area contributed by atoms with Gasteiger partial charge in [0.1, 0.15) is 0 Å². The fourth-order valence-corrected chi connectivity index (χ4v) is 2.65. The van der Waals surface area contributed by atoms with Gasteiger partial charge >= 0.3 is 5.97 Å². The summed E-state index contributed by atoms with van der Waals surface area (Å²) in [5.41, 5.74) is 2.39. The lowest BCUT2D eigenvalue weighted by Gasteiger charge is -2.18. The second kappa shape index (κ2) is 8.87. The molecule has 2 rings (SSSR count). The highest BCUT2D eigenvalue weighted by Crippen LogP contribution is 2.29. The van der Waals surface area contributed by atoms with Crippen molar-refractivity contribution in [2.75, 3.05) is 0 Å². The fourth-order valence-electron chi connectivity index (χ4n) is 2.65. The van der Waals surface area contributed by atoms with E-state index < -0.39 is 5.97 Å². The SMILES string of the molecule is CC(C)OC(=O)/C(CCC(c1ccccc1)c1ccccc1)=N/O. The average Bonchev–Trinajstić information content (AvgIpc) is 2.59. The quantitative estimate of drug-likeness (QED) is 0.356. The Bertz CT molecular complexity index is 626. The van der Waals surface area contributed by atoms with Crippen molar-refractivity contribution in [1.29, 1.82) is 0 Å². The maximum absolute atomic E-state index is 12.0. The Labute approximate surface area is 142 Å². The molecule has 0 saturated carbocycles. The summed E-state index contributed by atoms with van der Waals surface area (Å²) in [6.45, 7) is 3.53. The molecule has 0 atom stereocenters. The van der Waals surface area contributed by atoms with E-state index in [0.29, 0.717) is 12.8 Å². The number of hydrogen-bond acceptors (Lipinski definition) is 4. The van der Waals surface area contributed by atoms with Crippen LogP contribution in [0.15, 0.2) is 65.8 Å². The number of rotatable bonds is 7. The Kier molecular flexibility index (Phi) is 6.55. The van der Waals surface area contributed by atoms with Gasteiger partial charge in [0.15, 0.2) is 5.71 Å². The van der Waals surface area contributed by atoms with Gasteiger partial charge < -0.3 is 9.94 Å². The first-order valence-electron chi connectivity index (χ1n) is 8.13. The molecule has 0 fully saturated rings. The summed E-state index contributed by atoms with van der Waals surface area (Å²) in [5, 5.41) is 12.3. The van der Waals surface area contributed by atoms with E-state index in [2.05, 4.69) is 29.4 Å². The molecule has 126 valence electrons. The third kappa shape index (κ3) is 4.95. The molecule has 0 unspecified atom stereocenters. The largest absolute Gasteiger partial charge is 0.458 e. The number of oxime groups is 1. The van der Waals surface area contributed by atoms with E-state index in [0.717, 1.165) is 0 Å². The van der Waals surface area contributed by atoms with E-state index in [9.17, 15) is 4.79 Å². The minimum absolute atomic E-state index is 0.0561. The standard InChI is InChI=1S/C20H23NO3/c1-15(2)24-20(22)19(21-23)14-13-18(16-9-5-3-6-10-16)17-11-7-4-8-12-17/h3-12,15,18,23H,13-14H2,1-2H3/b21-19+. The molecule has 2 aromatic rings. The molecule has 0 bridgehead atoms. The van der Waals surface area contributed by atoms with Crippen LogP contribution in [0.1, 0.15) is 43.7 Å². The topological polar surface area (TPSA) is 58.9 Å². The number of benzene rings is 2. The Balaban J connectivity index is 2.16. The number of nitrogens with zero attached hydrogens (tertiary/aromatic N) is 1. The van der Waals surface area contributed by atoms with Gasteiger partial charge in [0.2, 0.25) is 0 Å². The summed E-state index contributed by atoms with van der Waals surface area (Å²) in [7, 11) is 0. The van der Waals surface area contributed by atoms with Crippen LogP contribution in [0, 0.1) is 0 Å². The first-order chi connectivity index (χ1) is 11.6. The molecule has 2 aromatic carbocycles. The lowest BCUT2D eigenvalue weighted by atomic mass is 9.87. The molecule has 0 aromatic heterocycles. The predicted molar refractivity (Wildman–Crippen MR) is 94.4 cm³/mol. The highest BCUT2D eigenvalue weighted by molar-refractivity contribution is 6.36. The summed E-state index contributed by atoms with van der Waals surface area (Å²) in [5.74, 6) is -0.441. The molecule has 0 heterocycles. The first-order valence-corrected chi connectivity index (χ1v) is 8.13. The van der Waals surface area contributed by atoms with E-state index in [1.54, 1.807) is 13.8 Å². The van der Waals surface area contributed by atoms with Crippen LogP contribution < -0.4 is 0 Å². The minimum atomic E-state index is -0.563. The zero-order valence-corrected chi connectivity index (χ0v) is 14.1. The molecule has 1 N–H and O–H groups in total. The second-order valence-electron chi connectivity index (χ2n) is 5.91. The van der Waals surface area contributed by atoms with Crippen LogP contribution in [0.25, 0.3) is 0 Å². The van der Waals surface area contributed by atoms with Gasteiger partial charge in [0.25, 0.3) is 0 Å². The van der Waals surface area contributed by atoms with Crippen LogP contribution in [-0.2, 0) is 9.53 Å². The molecule has 4 heteroatoms. The summed E-state index contributed by atoms with van der Waals surface area (Å²) in [4.78, 5) is 12.0. The molecule has 0 aliphatic heterocycles. The minimum Gasteiger partial charge on any atom is -0.458 e. The van der Waals surface area contributed by atoms with Crippen molar-refractivity contribution < 1.29 is 14.7 Å². The molecule has 0 spiro atoms. The second-order valence-corrected chi connectivity index (χ2v) is 5.91. The van der Waals surface area contributed by atoms with Crippen LogP contribution >= 0.6 is 0 Å². The van der Waals surface area contributed by atoms with E-state index in [-0.39, 0.29) is 17.7 Å². The van der Waals surface area contributed by atoms with Crippen LogP contribution in [0.4, 0.5) is 0 Å². The summed E-state index contributed by atoms with van der Waals surface area (Å²) in [6.07, 6.45) is 0.755. The predicted octanol–water partition coefficient (Wildman–Crippen LogP) is 4.38. The van der Waals surface area contributed by atoms with Gasteiger partial charge in [-0.25, -0.2) is 4.79 Å². The Morgan fingerprint density at radius 1 is 1.00 bits per heavy atom. The van der Waals surface area contributed by atoms with Gasteiger partial charge in [0.05, 0.1) is 6.10 Å². The first kappa shape index (κ1) is 17.7. The number of carbonyl (C=O) groups excluding carboxylic acids is 1. The van der Waals surface area contributed by atoms with Gasteiger partial charge in [0, 0.05) is 12.3 Å². The smallest absolute Gasteiger partial charge is 0.356 e. The molecule has 0 aliphatic rings. The Morgan fingerprint density at radius 3 is 1.92 bits per heavy atom. The van der Waals surface area contributed by atoms with Gasteiger partial charge in [-0.1, -0.05) is 65.8 Å². The van der Waals surface area contributed by atoms with Gasteiger partial charge in [-0.15, -0.1) is 0 Å². The Hall–Kier alpha value is -2.62. The molecule has 24 heavy (non-hydrogen) atoms. The van der Waals surface area contributed by atoms with Crippen molar-refractivity contribution in [3.63, 3.8) is 0 Å². The van der Waals surface area contributed by atoms with Gasteiger partial charge in [-0.3, -0.25) is 0 Å². The number of ether oxygens (including phenoxy) is 1. The number of hydrogen-bond donors (Lipinski definition) is 1. The normalized spacial score (nSPS) is 11.8. The fraction of sp³-hybridized carbons (Fsp3) is 0.300. The van der Waals surface area contributed by atoms with Crippen molar-refractivity contribution in [2.45, 2.75) is 38.7 Å². The van der Waals surface area contributed by atoms with Crippen molar-refractivity contribution >= 4 is 11.7 Å². The van der Waals surface area contributed by atoms with E-state index in [4.69, 9.17) is 9.94 Å². The van der Waals surface area contributed by atoms with Gasteiger partial charge in [-0.2, -0.15) is 0 Å². The molecule has 0 amide bonds. The van der Waals surface area contributed by atoms with E-state index in [1.165, 1.54) is 11.1 Å². The van der Waals surface area contributed by atoms with E-state index in [1.807, 2.05) is 36.4 Å². The average molecular weight is 325 g/mol. The van der Waals surface area contributed by atoms with Crippen LogP contribution in [0.2, 0.25) is 0 Å². The molecular weight excluding hydrogens is 302 g/mol. The maximum atomic E-state index is 12.0. The molecule has 0 aliphatic carbocycles. The number of esters is 1. The maximum Gasteiger partial charge on any atom is 0.356 e.